The molecule has 0 aliphatic heterocycles. The SMILES string of the molecule is CCCCc1oc(C(=O)OCC)c(C)c1C. The van der Waals surface area contributed by atoms with Gasteiger partial charge in [0.15, 0.2) is 0 Å². The number of hydrogen-bond acceptors (Lipinski definition) is 3. The van der Waals surface area contributed by atoms with Gasteiger partial charge in [0.05, 0.1) is 6.61 Å². The Morgan fingerprint density at radius 3 is 2.50 bits per heavy atom. The van der Waals surface area contributed by atoms with Gasteiger partial charge in [0.25, 0.3) is 0 Å². The Morgan fingerprint density at radius 2 is 1.94 bits per heavy atom. The van der Waals surface area contributed by atoms with Gasteiger partial charge in [0.1, 0.15) is 5.76 Å². The zero-order chi connectivity index (χ0) is 12.1. The summed E-state index contributed by atoms with van der Waals surface area (Å²) >= 11 is 0. The second kappa shape index (κ2) is 5.73. The van der Waals surface area contributed by atoms with Crippen LogP contribution in [0.25, 0.3) is 0 Å². The first-order chi connectivity index (χ1) is 7.61. The molecule has 3 nitrogen and oxygen atoms in total. The zero-order valence-electron chi connectivity index (χ0n) is 10.6. The summed E-state index contributed by atoms with van der Waals surface area (Å²) in [4.78, 5) is 11.6. The van der Waals surface area contributed by atoms with E-state index in [2.05, 4.69) is 6.92 Å². The van der Waals surface area contributed by atoms with Gasteiger partial charge in [-0.25, -0.2) is 4.79 Å². The zero-order valence-corrected chi connectivity index (χ0v) is 10.6. The van der Waals surface area contributed by atoms with Gasteiger partial charge < -0.3 is 9.15 Å². The molecule has 16 heavy (non-hydrogen) atoms. The summed E-state index contributed by atoms with van der Waals surface area (Å²) in [5, 5.41) is 0. The standard InChI is InChI=1S/C13H20O3/c1-5-7-8-11-9(3)10(4)12(16-11)13(14)15-6-2/h5-8H2,1-4H3. The first kappa shape index (κ1) is 12.8. The van der Waals surface area contributed by atoms with Crippen molar-refractivity contribution in [2.24, 2.45) is 0 Å². The fourth-order valence-corrected chi connectivity index (χ4v) is 1.62. The molecule has 0 saturated heterocycles. The lowest BCUT2D eigenvalue weighted by Crippen LogP contribution is -2.04. The molecule has 1 aromatic heterocycles. The number of ether oxygens (including phenoxy) is 1. The van der Waals surface area contributed by atoms with Crippen LogP contribution in [0.3, 0.4) is 0 Å². The minimum Gasteiger partial charge on any atom is -0.460 e. The molecule has 1 heterocycles. The van der Waals surface area contributed by atoms with Crippen LogP contribution in [-0.4, -0.2) is 12.6 Å². The summed E-state index contributed by atoms with van der Waals surface area (Å²) in [5.74, 6) is 0.929. The lowest BCUT2D eigenvalue weighted by molar-refractivity contribution is 0.0487. The topological polar surface area (TPSA) is 39.4 Å². The maximum Gasteiger partial charge on any atom is 0.374 e. The maximum atomic E-state index is 11.6. The van der Waals surface area contributed by atoms with E-state index < -0.39 is 0 Å². The van der Waals surface area contributed by atoms with Crippen LogP contribution in [0.4, 0.5) is 0 Å². The Labute approximate surface area is 96.8 Å². The molecular formula is C13H20O3. The predicted octanol–water partition coefficient (Wildman–Crippen LogP) is 3.42. The van der Waals surface area contributed by atoms with Crippen LogP contribution < -0.4 is 0 Å². The van der Waals surface area contributed by atoms with Crippen LogP contribution >= 0.6 is 0 Å². The molecule has 0 aliphatic rings. The molecule has 0 unspecified atom stereocenters. The van der Waals surface area contributed by atoms with Crippen LogP contribution in [-0.2, 0) is 11.2 Å². The quantitative estimate of drug-likeness (QED) is 0.719. The Balaban J connectivity index is 2.90. The first-order valence-electron chi connectivity index (χ1n) is 5.87. The molecule has 3 heteroatoms. The van der Waals surface area contributed by atoms with Gasteiger partial charge >= 0.3 is 5.97 Å². The van der Waals surface area contributed by atoms with E-state index in [1.165, 1.54) is 0 Å². The first-order valence-corrected chi connectivity index (χ1v) is 5.87. The van der Waals surface area contributed by atoms with Crippen LogP contribution in [0.5, 0.6) is 0 Å². The van der Waals surface area contributed by atoms with E-state index in [0.717, 1.165) is 36.1 Å². The molecule has 0 fully saturated rings. The number of aryl methyl sites for hydroxylation is 1. The molecule has 0 saturated carbocycles. The van der Waals surface area contributed by atoms with Crippen LogP contribution in [0.1, 0.15) is 54.1 Å². The normalized spacial score (nSPS) is 10.5. The largest absolute Gasteiger partial charge is 0.460 e. The van der Waals surface area contributed by atoms with E-state index in [0.29, 0.717) is 12.4 Å². The molecule has 0 atom stereocenters. The molecule has 0 aliphatic carbocycles. The van der Waals surface area contributed by atoms with E-state index in [1.807, 2.05) is 13.8 Å². The van der Waals surface area contributed by atoms with Gasteiger partial charge in [-0.15, -0.1) is 0 Å². The summed E-state index contributed by atoms with van der Waals surface area (Å²) < 4.78 is 10.5. The second-order valence-electron chi connectivity index (χ2n) is 3.93. The molecule has 0 N–H and O–H groups in total. The van der Waals surface area contributed by atoms with Crippen molar-refractivity contribution in [3.8, 4) is 0 Å². The molecule has 0 amide bonds. The molecule has 0 radical (unpaired) electrons. The Morgan fingerprint density at radius 1 is 1.25 bits per heavy atom. The lowest BCUT2D eigenvalue weighted by atomic mass is 10.1. The second-order valence-corrected chi connectivity index (χ2v) is 3.93. The summed E-state index contributed by atoms with van der Waals surface area (Å²) in [7, 11) is 0. The van der Waals surface area contributed by atoms with Gasteiger partial charge in [-0.2, -0.15) is 0 Å². The smallest absolute Gasteiger partial charge is 0.374 e. The average Bonchev–Trinajstić information content (AvgIpc) is 2.54. The molecule has 90 valence electrons. The van der Waals surface area contributed by atoms with Crippen molar-refractivity contribution >= 4 is 5.97 Å². The maximum absolute atomic E-state index is 11.6. The third-order valence-electron chi connectivity index (χ3n) is 2.76. The highest BCUT2D eigenvalue weighted by Crippen LogP contribution is 2.23. The monoisotopic (exact) mass is 224 g/mol. The fraction of sp³-hybridized carbons (Fsp3) is 0.615. The highest BCUT2D eigenvalue weighted by molar-refractivity contribution is 5.88. The van der Waals surface area contributed by atoms with Crippen LogP contribution in [0.2, 0.25) is 0 Å². The summed E-state index contributed by atoms with van der Waals surface area (Å²) in [6, 6.07) is 0. The van der Waals surface area contributed by atoms with E-state index in [9.17, 15) is 4.79 Å². The number of furan rings is 1. The van der Waals surface area contributed by atoms with Gasteiger partial charge in [0.2, 0.25) is 5.76 Å². The molecule has 0 bridgehead atoms. The van der Waals surface area contributed by atoms with E-state index in [-0.39, 0.29) is 5.97 Å². The van der Waals surface area contributed by atoms with Gasteiger partial charge in [-0.05, 0) is 32.8 Å². The fourth-order valence-electron chi connectivity index (χ4n) is 1.62. The number of carbonyl (C=O) groups is 1. The van der Waals surface area contributed by atoms with Gasteiger partial charge in [-0.1, -0.05) is 13.3 Å². The number of rotatable bonds is 5. The average molecular weight is 224 g/mol. The minimum atomic E-state index is -0.356. The number of carbonyl (C=O) groups excluding carboxylic acids is 1. The van der Waals surface area contributed by atoms with E-state index in [4.69, 9.17) is 9.15 Å². The van der Waals surface area contributed by atoms with Gasteiger partial charge in [-0.3, -0.25) is 0 Å². The van der Waals surface area contributed by atoms with Crippen molar-refractivity contribution in [1.29, 1.82) is 0 Å². The van der Waals surface area contributed by atoms with Crippen molar-refractivity contribution < 1.29 is 13.9 Å². The molecule has 1 rings (SSSR count). The van der Waals surface area contributed by atoms with Crippen molar-refractivity contribution in [3.63, 3.8) is 0 Å². The summed E-state index contributed by atoms with van der Waals surface area (Å²) in [6.07, 6.45) is 3.09. The van der Waals surface area contributed by atoms with E-state index in [1.54, 1.807) is 6.92 Å². The van der Waals surface area contributed by atoms with Crippen molar-refractivity contribution in [2.75, 3.05) is 6.61 Å². The van der Waals surface area contributed by atoms with Crippen LogP contribution in [0.15, 0.2) is 4.42 Å². The highest BCUT2D eigenvalue weighted by atomic mass is 16.5. The number of esters is 1. The lowest BCUT2D eigenvalue weighted by Gasteiger charge is -1.98. The van der Waals surface area contributed by atoms with Crippen LogP contribution in [0, 0.1) is 13.8 Å². The Hall–Kier alpha value is -1.25. The number of unbranched alkanes of at least 4 members (excludes halogenated alkanes) is 1. The summed E-state index contributed by atoms with van der Waals surface area (Å²) in [5.41, 5.74) is 1.99. The third kappa shape index (κ3) is 2.65. The number of hydrogen-bond donors (Lipinski definition) is 0. The molecule has 0 aromatic carbocycles. The van der Waals surface area contributed by atoms with Gasteiger partial charge in [0, 0.05) is 12.0 Å². The predicted molar refractivity (Wildman–Crippen MR) is 62.8 cm³/mol. The molecule has 1 aromatic rings. The highest BCUT2D eigenvalue weighted by Gasteiger charge is 2.20. The van der Waals surface area contributed by atoms with E-state index >= 15 is 0 Å². The Kier molecular flexibility index (Phi) is 4.59. The molecular weight excluding hydrogens is 204 g/mol. The Bertz CT molecular complexity index is 363. The minimum absolute atomic E-state index is 0.356. The summed E-state index contributed by atoms with van der Waals surface area (Å²) in [6.45, 7) is 8.20. The van der Waals surface area contributed by atoms with Crippen molar-refractivity contribution in [2.45, 2.75) is 47.0 Å². The third-order valence-corrected chi connectivity index (χ3v) is 2.76. The molecule has 0 spiro atoms. The van der Waals surface area contributed by atoms with Crippen molar-refractivity contribution in [3.05, 3.63) is 22.6 Å². The van der Waals surface area contributed by atoms with Crippen molar-refractivity contribution in [1.82, 2.24) is 0 Å².